The van der Waals surface area contributed by atoms with Crippen LogP contribution in [0.4, 0.5) is 0 Å². The normalized spacial score (nSPS) is 15.4. The minimum Gasteiger partial charge on any atom is -0.463 e. The van der Waals surface area contributed by atoms with Gasteiger partial charge >= 0.3 is 27.6 Å². The Balaban J connectivity index is 3.88. The van der Waals surface area contributed by atoms with Gasteiger partial charge in [-0.05, 0) is 77.0 Å². The van der Waals surface area contributed by atoms with Gasteiger partial charge in [0, 0.05) is 12.8 Å². The molecule has 0 saturated heterocycles. The molecule has 0 aromatic rings. The molecule has 0 saturated carbocycles. The molecule has 0 spiro atoms. The number of rotatable bonds is 48. The standard InChI is InChI=1S/C49H90O15P2/c1-3-5-7-9-11-13-15-17-18-19-20-21-22-23-24-26-28-30-32-34-36-38-49(54)60-40-46(51)42-62-66(57,58)64-44-47(52)43-63-65(55,56)61-41-45(50)39-59-48(53)37-35-33-31-29-27-25-16-14-12-10-8-6-4-2/h11,13,17-18,20-21,25,27,45-47,50-52H,3-10,12,14-16,19,22-24,26,28-44H2,1-2H3,(H,55,56)(H,57,58)/b13-11-,18-17-,21-20-,27-25-. The fraction of sp³-hybridized carbons (Fsp3) is 0.796. The van der Waals surface area contributed by atoms with Gasteiger partial charge in [0.1, 0.15) is 31.5 Å². The first-order valence-corrected chi connectivity index (χ1v) is 28.0. The van der Waals surface area contributed by atoms with E-state index in [4.69, 9.17) is 9.47 Å². The Hall–Kier alpha value is -2.00. The predicted molar refractivity (Wildman–Crippen MR) is 261 cm³/mol. The van der Waals surface area contributed by atoms with Crippen LogP contribution in [-0.4, -0.2) is 95.0 Å². The zero-order valence-corrected chi connectivity index (χ0v) is 42.4. The number of hydrogen-bond donors (Lipinski definition) is 5. The number of unbranched alkanes of at least 4 members (excludes halogenated alkanes) is 20. The number of carbonyl (C=O) groups excluding carboxylic acids is 2. The summed E-state index contributed by atoms with van der Waals surface area (Å²) < 4.78 is 53.0. The van der Waals surface area contributed by atoms with E-state index in [1.165, 1.54) is 83.5 Å². The first-order chi connectivity index (χ1) is 31.8. The van der Waals surface area contributed by atoms with Gasteiger partial charge in [-0.2, -0.15) is 0 Å². The summed E-state index contributed by atoms with van der Waals surface area (Å²) in [4.78, 5) is 43.8. The van der Waals surface area contributed by atoms with Crippen molar-refractivity contribution in [2.75, 3.05) is 39.6 Å². The molecule has 0 aliphatic carbocycles. The molecule has 0 radical (unpaired) electrons. The van der Waals surface area contributed by atoms with Gasteiger partial charge in [-0.25, -0.2) is 9.13 Å². The highest BCUT2D eigenvalue weighted by molar-refractivity contribution is 7.47. The molecule has 5 unspecified atom stereocenters. The highest BCUT2D eigenvalue weighted by atomic mass is 31.2. The summed E-state index contributed by atoms with van der Waals surface area (Å²) in [5.41, 5.74) is 0. The molecule has 5 atom stereocenters. The van der Waals surface area contributed by atoms with Gasteiger partial charge < -0.3 is 34.6 Å². The van der Waals surface area contributed by atoms with Crippen LogP contribution in [0.15, 0.2) is 48.6 Å². The molecule has 15 nitrogen and oxygen atoms in total. The fourth-order valence-corrected chi connectivity index (χ4v) is 7.92. The average Bonchev–Trinajstić information content (AvgIpc) is 3.29. The summed E-state index contributed by atoms with van der Waals surface area (Å²) in [7, 11) is -9.58. The van der Waals surface area contributed by atoms with Crippen LogP contribution in [-0.2, 0) is 46.3 Å². The minimum atomic E-state index is -4.79. The Labute approximate surface area is 398 Å². The maximum atomic E-state index is 12.2. The first-order valence-electron chi connectivity index (χ1n) is 25.0. The van der Waals surface area contributed by atoms with Crippen LogP contribution < -0.4 is 0 Å². The maximum Gasteiger partial charge on any atom is 0.472 e. The zero-order chi connectivity index (χ0) is 48.8. The maximum absolute atomic E-state index is 12.2. The summed E-state index contributed by atoms with van der Waals surface area (Å²) in [6, 6.07) is 0. The monoisotopic (exact) mass is 981 g/mol. The summed E-state index contributed by atoms with van der Waals surface area (Å²) in [5.74, 6) is -1.02. The number of allylic oxidation sites excluding steroid dienone is 8. The zero-order valence-electron chi connectivity index (χ0n) is 40.6. The van der Waals surface area contributed by atoms with Crippen molar-refractivity contribution in [3.8, 4) is 0 Å². The van der Waals surface area contributed by atoms with Crippen molar-refractivity contribution in [2.24, 2.45) is 0 Å². The fourth-order valence-electron chi connectivity index (χ4n) is 6.33. The van der Waals surface area contributed by atoms with Crippen LogP contribution in [0.25, 0.3) is 0 Å². The third-order valence-electron chi connectivity index (χ3n) is 10.3. The number of phosphoric ester groups is 2. The van der Waals surface area contributed by atoms with Crippen molar-refractivity contribution in [3.05, 3.63) is 48.6 Å². The molecule has 66 heavy (non-hydrogen) atoms. The Kier molecular flexibility index (Phi) is 44.1. The van der Waals surface area contributed by atoms with E-state index in [9.17, 15) is 43.8 Å². The van der Waals surface area contributed by atoms with Crippen molar-refractivity contribution >= 4 is 27.6 Å². The molecule has 0 bridgehead atoms. The lowest BCUT2D eigenvalue weighted by molar-refractivity contribution is -0.148. The molecule has 0 heterocycles. The number of aliphatic hydroxyl groups is 3. The lowest BCUT2D eigenvalue weighted by Gasteiger charge is -2.19. The molecule has 0 aliphatic heterocycles. The second-order valence-corrected chi connectivity index (χ2v) is 19.7. The molecule has 0 amide bonds. The van der Waals surface area contributed by atoms with E-state index in [-0.39, 0.29) is 12.8 Å². The summed E-state index contributed by atoms with van der Waals surface area (Å²) in [6.07, 6.45) is 42.4. The quantitative estimate of drug-likeness (QED) is 0.0165. The van der Waals surface area contributed by atoms with E-state index in [0.29, 0.717) is 12.8 Å². The summed E-state index contributed by atoms with van der Waals surface area (Å²) in [6.45, 7) is 0.363. The molecule has 0 rings (SSSR count). The lowest BCUT2D eigenvalue weighted by atomic mass is 10.1. The SMILES string of the molecule is CCCCC/C=C\C/C=C\C/C=C\CCCCCCCCCCC(=O)OCC(O)COP(=O)(O)OCC(O)COP(=O)(O)OCC(O)COC(=O)CCCCC/C=C\CCCCCCCC. The van der Waals surface area contributed by atoms with Crippen molar-refractivity contribution in [1.82, 2.24) is 0 Å². The third-order valence-corrected chi connectivity index (χ3v) is 12.2. The van der Waals surface area contributed by atoms with E-state index >= 15 is 0 Å². The largest absolute Gasteiger partial charge is 0.472 e. The molecule has 386 valence electrons. The van der Waals surface area contributed by atoms with Crippen LogP contribution >= 0.6 is 15.6 Å². The van der Waals surface area contributed by atoms with Crippen molar-refractivity contribution in [1.29, 1.82) is 0 Å². The van der Waals surface area contributed by atoms with Gasteiger partial charge in [-0.3, -0.25) is 27.7 Å². The molecule has 0 aromatic carbocycles. The molecule has 0 fully saturated rings. The summed E-state index contributed by atoms with van der Waals surface area (Å²) >= 11 is 0. The van der Waals surface area contributed by atoms with E-state index < -0.39 is 85.5 Å². The Bertz CT molecular complexity index is 1370. The van der Waals surface area contributed by atoms with Crippen molar-refractivity contribution in [3.63, 3.8) is 0 Å². The van der Waals surface area contributed by atoms with Crippen LogP contribution in [0.5, 0.6) is 0 Å². The number of carbonyl (C=O) groups is 2. The number of hydrogen-bond acceptors (Lipinski definition) is 13. The van der Waals surface area contributed by atoms with Crippen molar-refractivity contribution in [2.45, 2.75) is 212 Å². The highest BCUT2D eigenvalue weighted by Gasteiger charge is 2.28. The molecular weight excluding hydrogens is 890 g/mol. The number of esters is 2. The van der Waals surface area contributed by atoms with Crippen LogP contribution in [0.3, 0.4) is 0 Å². The molecular formula is C49H90O15P2. The van der Waals surface area contributed by atoms with Gasteiger partial charge in [0.25, 0.3) is 0 Å². The molecule has 17 heteroatoms. The average molecular weight is 981 g/mol. The van der Waals surface area contributed by atoms with Crippen molar-refractivity contribution < 1.29 is 71.4 Å². The smallest absolute Gasteiger partial charge is 0.463 e. The van der Waals surface area contributed by atoms with Crippen LogP contribution in [0, 0.1) is 0 Å². The van der Waals surface area contributed by atoms with E-state index in [1.807, 2.05) is 0 Å². The Morgan fingerprint density at radius 1 is 0.394 bits per heavy atom. The summed E-state index contributed by atoms with van der Waals surface area (Å²) in [5, 5.41) is 30.0. The number of ether oxygens (including phenoxy) is 2. The van der Waals surface area contributed by atoms with E-state index in [2.05, 4.69) is 80.6 Å². The Morgan fingerprint density at radius 3 is 1.03 bits per heavy atom. The predicted octanol–water partition coefficient (Wildman–Crippen LogP) is 11.6. The highest BCUT2D eigenvalue weighted by Crippen LogP contribution is 2.45. The molecule has 0 aliphatic rings. The topological polar surface area (TPSA) is 225 Å². The number of phosphoric acid groups is 2. The van der Waals surface area contributed by atoms with Gasteiger partial charge in [-0.1, -0.05) is 152 Å². The van der Waals surface area contributed by atoms with Crippen LogP contribution in [0.2, 0.25) is 0 Å². The second kappa shape index (κ2) is 45.4. The third kappa shape index (κ3) is 47.1. The van der Waals surface area contributed by atoms with Gasteiger partial charge in [0.05, 0.1) is 26.4 Å². The minimum absolute atomic E-state index is 0.176. The van der Waals surface area contributed by atoms with Crippen LogP contribution in [0.1, 0.15) is 194 Å². The molecule has 0 aromatic heterocycles. The molecule has 5 N–H and O–H groups in total. The van der Waals surface area contributed by atoms with E-state index in [0.717, 1.165) is 70.6 Å². The Morgan fingerprint density at radius 2 is 0.652 bits per heavy atom. The van der Waals surface area contributed by atoms with Gasteiger partial charge in [-0.15, -0.1) is 0 Å². The van der Waals surface area contributed by atoms with Gasteiger partial charge in [0.2, 0.25) is 0 Å². The first kappa shape index (κ1) is 64.0. The van der Waals surface area contributed by atoms with Gasteiger partial charge in [0.15, 0.2) is 0 Å². The second-order valence-electron chi connectivity index (χ2n) is 16.8. The van der Waals surface area contributed by atoms with E-state index in [1.54, 1.807) is 0 Å². The number of aliphatic hydroxyl groups excluding tert-OH is 3. The lowest BCUT2D eigenvalue weighted by Crippen LogP contribution is -2.25.